The first kappa shape index (κ1) is 20.2. The molecule has 0 radical (unpaired) electrons. The molecular formula is C21H23N5O3S. The van der Waals surface area contributed by atoms with Crippen LogP contribution >= 0.6 is 11.8 Å². The number of carbonyl (C=O) groups is 2. The molecule has 1 aliphatic carbocycles. The van der Waals surface area contributed by atoms with Crippen molar-refractivity contribution in [2.75, 3.05) is 17.7 Å². The molecule has 4 rings (SSSR count). The summed E-state index contributed by atoms with van der Waals surface area (Å²) in [6.07, 6.45) is 3.81. The zero-order chi connectivity index (χ0) is 21.1. The lowest BCUT2D eigenvalue weighted by molar-refractivity contribution is -0.115. The van der Waals surface area contributed by atoms with E-state index >= 15 is 0 Å². The number of anilines is 1. The predicted octanol–water partition coefficient (Wildman–Crippen LogP) is 3.20. The third kappa shape index (κ3) is 4.40. The van der Waals surface area contributed by atoms with Gasteiger partial charge < -0.3 is 19.2 Å². The van der Waals surface area contributed by atoms with Gasteiger partial charge in [0.1, 0.15) is 11.6 Å². The maximum atomic E-state index is 12.8. The van der Waals surface area contributed by atoms with Crippen molar-refractivity contribution >= 4 is 29.3 Å². The van der Waals surface area contributed by atoms with Gasteiger partial charge in [0.2, 0.25) is 5.91 Å². The summed E-state index contributed by atoms with van der Waals surface area (Å²) in [5.74, 6) is 1.37. The highest BCUT2D eigenvalue weighted by atomic mass is 32.2. The van der Waals surface area contributed by atoms with Crippen LogP contribution in [0.4, 0.5) is 5.69 Å². The van der Waals surface area contributed by atoms with Crippen LogP contribution in [0.25, 0.3) is 0 Å². The fraction of sp³-hybridized carbons (Fsp3) is 0.333. The van der Waals surface area contributed by atoms with E-state index in [-0.39, 0.29) is 24.1 Å². The largest absolute Gasteiger partial charge is 0.467 e. The minimum atomic E-state index is -0.265. The average Bonchev–Trinajstić information content (AvgIpc) is 3.31. The number of thioether (sulfide) groups is 1. The van der Waals surface area contributed by atoms with E-state index < -0.39 is 0 Å². The Bertz CT molecular complexity index is 1040. The number of amides is 2. The van der Waals surface area contributed by atoms with E-state index in [1.807, 2.05) is 13.0 Å². The number of aromatic nitrogens is 3. The summed E-state index contributed by atoms with van der Waals surface area (Å²) in [5.41, 5.74) is 0.988. The Morgan fingerprint density at radius 1 is 1.23 bits per heavy atom. The van der Waals surface area contributed by atoms with E-state index in [2.05, 4.69) is 20.1 Å². The van der Waals surface area contributed by atoms with Crippen LogP contribution in [-0.2, 0) is 11.3 Å². The van der Waals surface area contributed by atoms with Crippen LogP contribution in [0, 0.1) is 6.92 Å². The van der Waals surface area contributed by atoms with Crippen molar-refractivity contribution in [3.63, 3.8) is 0 Å². The summed E-state index contributed by atoms with van der Waals surface area (Å²) in [6.45, 7) is 2.21. The first-order valence-corrected chi connectivity index (χ1v) is 10.7. The van der Waals surface area contributed by atoms with Gasteiger partial charge in [0.25, 0.3) is 5.91 Å². The quantitative estimate of drug-likeness (QED) is 0.557. The van der Waals surface area contributed by atoms with E-state index in [1.165, 1.54) is 16.7 Å². The molecule has 0 spiro atoms. The van der Waals surface area contributed by atoms with E-state index in [0.717, 1.165) is 23.8 Å². The van der Waals surface area contributed by atoms with Crippen LogP contribution in [0.15, 0.2) is 52.2 Å². The zero-order valence-electron chi connectivity index (χ0n) is 16.9. The molecule has 0 aliphatic heterocycles. The molecule has 0 unspecified atom stereocenters. The Morgan fingerprint density at radius 2 is 2.03 bits per heavy atom. The van der Waals surface area contributed by atoms with Gasteiger partial charge in [-0.2, -0.15) is 0 Å². The molecular weight excluding hydrogens is 402 g/mol. The third-order valence-electron chi connectivity index (χ3n) is 4.96. The van der Waals surface area contributed by atoms with Gasteiger partial charge in [-0.25, -0.2) is 0 Å². The number of carbonyl (C=O) groups excluding carboxylic acids is 2. The number of hydrogen-bond donors (Lipinski definition) is 1. The molecule has 0 atom stereocenters. The molecule has 156 valence electrons. The fourth-order valence-corrected chi connectivity index (χ4v) is 4.16. The molecule has 0 bridgehead atoms. The number of nitrogens with zero attached hydrogens (tertiary/aromatic N) is 4. The summed E-state index contributed by atoms with van der Waals surface area (Å²) >= 11 is 1.38. The smallest absolute Gasteiger partial charge is 0.253 e. The Balaban J connectivity index is 1.42. The summed E-state index contributed by atoms with van der Waals surface area (Å²) in [7, 11) is 1.68. The van der Waals surface area contributed by atoms with E-state index in [9.17, 15) is 9.59 Å². The number of benzene rings is 1. The molecule has 1 aromatic carbocycles. The van der Waals surface area contributed by atoms with Crippen molar-refractivity contribution in [3.8, 4) is 0 Å². The van der Waals surface area contributed by atoms with Crippen molar-refractivity contribution in [2.45, 2.75) is 37.5 Å². The van der Waals surface area contributed by atoms with Crippen molar-refractivity contribution in [1.29, 1.82) is 0 Å². The van der Waals surface area contributed by atoms with Gasteiger partial charge in [0, 0.05) is 13.1 Å². The molecule has 9 heteroatoms. The SMILES string of the molecule is Cc1nnc(SCC(=O)N(C)c2ccccc2C(=O)NCc2ccco2)n1C1CC1. The molecule has 1 aliphatic rings. The maximum absolute atomic E-state index is 12.8. The minimum absolute atomic E-state index is 0.116. The van der Waals surface area contributed by atoms with Crippen LogP contribution in [0.5, 0.6) is 0 Å². The second kappa shape index (κ2) is 8.74. The predicted molar refractivity (Wildman–Crippen MR) is 113 cm³/mol. The molecule has 0 saturated heterocycles. The van der Waals surface area contributed by atoms with Gasteiger partial charge in [-0.05, 0) is 44.0 Å². The Kier molecular flexibility index (Phi) is 5.89. The van der Waals surface area contributed by atoms with E-state index in [4.69, 9.17) is 4.42 Å². The normalized spacial score (nSPS) is 13.3. The third-order valence-corrected chi connectivity index (χ3v) is 5.89. The Morgan fingerprint density at radius 3 is 2.77 bits per heavy atom. The summed E-state index contributed by atoms with van der Waals surface area (Å²) in [5, 5.41) is 11.9. The molecule has 2 amide bonds. The lowest BCUT2D eigenvalue weighted by Crippen LogP contribution is -2.31. The van der Waals surface area contributed by atoms with Gasteiger partial charge in [-0.15, -0.1) is 10.2 Å². The second-order valence-electron chi connectivity index (χ2n) is 7.15. The zero-order valence-corrected chi connectivity index (χ0v) is 17.7. The number of para-hydroxylation sites is 1. The topological polar surface area (TPSA) is 93.3 Å². The lowest BCUT2D eigenvalue weighted by atomic mass is 10.1. The summed E-state index contributed by atoms with van der Waals surface area (Å²) in [6, 6.07) is 11.1. The van der Waals surface area contributed by atoms with Crippen LogP contribution in [0.3, 0.4) is 0 Å². The number of hydrogen-bond acceptors (Lipinski definition) is 6. The van der Waals surface area contributed by atoms with Gasteiger partial charge in [0.05, 0.1) is 29.8 Å². The van der Waals surface area contributed by atoms with Crippen molar-refractivity contribution in [3.05, 3.63) is 59.8 Å². The number of furan rings is 1. The number of rotatable bonds is 8. The monoisotopic (exact) mass is 425 g/mol. The van der Waals surface area contributed by atoms with Crippen molar-refractivity contribution in [1.82, 2.24) is 20.1 Å². The van der Waals surface area contributed by atoms with Crippen molar-refractivity contribution < 1.29 is 14.0 Å². The highest BCUT2D eigenvalue weighted by Crippen LogP contribution is 2.38. The number of aryl methyl sites for hydroxylation is 1. The van der Waals surface area contributed by atoms with Gasteiger partial charge >= 0.3 is 0 Å². The van der Waals surface area contributed by atoms with Crippen LogP contribution in [0.1, 0.15) is 40.8 Å². The molecule has 2 heterocycles. The minimum Gasteiger partial charge on any atom is -0.467 e. The summed E-state index contributed by atoms with van der Waals surface area (Å²) < 4.78 is 7.35. The average molecular weight is 426 g/mol. The molecule has 30 heavy (non-hydrogen) atoms. The highest BCUT2D eigenvalue weighted by Gasteiger charge is 2.29. The van der Waals surface area contributed by atoms with E-state index in [1.54, 1.807) is 43.6 Å². The molecule has 1 N–H and O–H groups in total. The molecule has 8 nitrogen and oxygen atoms in total. The van der Waals surface area contributed by atoms with Crippen LogP contribution in [-0.4, -0.2) is 39.4 Å². The lowest BCUT2D eigenvalue weighted by Gasteiger charge is -2.20. The standard InChI is InChI=1S/C21H23N5O3S/c1-14-23-24-21(26(14)15-9-10-15)30-13-19(27)25(2)18-8-4-3-7-17(18)20(28)22-12-16-6-5-11-29-16/h3-8,11,15H,9-10,12-13H2,1-2H3,(H,22,28). The highest BCUT2D eigenvalue weighted by molar-refractivity contribution is 7.99. The maximum Gasteiger partial charge on any atom is 0.253 e. The van der Waals surface area contributed by atoms with Crippen LogP contribution < -0.4 is 10.2 Å². The molecule has 2 aromatic heterocycles. The Labute approximate surface area is 178 Å². The van der Waals surface area contributed by atoms with Gasteiger partial charge in [-0.3, -0.25) is 9.59 Å². The molecule has 1 fully saturated rings. The fourth-order valence-electron chi connectivity index (χ4n) is 3.19. The first-order valence-electron chi connectivity index (χ1n) is 9.75. The molecule has 3 aromatic rings. The summed E-state index contributed by atoms with van der Waals surface area (Å²) in [4.78, 5) is 27.0. The van der Waals surface area contributed by atoms with Gasteiger partial charge in [0.15, 0.2) is 5.16 Å². The van der Waals surface area contributed by atoms with E-state index in [0.29, 0.717) is 23.1 Å². The molecule has 1 saturated carbocycles. The number of nitrogens with one attached hydrogen (secondary N) is 1. The van der Waals surface area contributed by atoms with Crippen molar-refractivity contribution in [2.24, 2.45) is 0 Å². The van der Waals surface area contributed by atoms with Crippen LogP contribution in [0.2, 0.25) is 0 Å². The second-order valence-corrected chi connectivity index (χ2v) is 8.09. The first-order chi connectivity index (χ1) is 14.5. The van der Waals surface area contributed by atoms with Gasteiger partial charge in [-0.1, -0.05) is 23.9 Å². The Hall–Kier alpha value is -3.07.